The van der Waals surface area contributed by atoms with E-state index in [-0.39, 0.29) is 43.0 Å². The second-order valence-electron chi connectivity index (χ2n) is 7.04. The van der Waals surface area contributed by atoms with Crippen molar-refractivity contribution in [1.29, 1.82) is 0 Å². The quantitative estimate of drug-likeness (QED) is 0.609. The molecule has 7 heteroatoms. The van der Waals surface area contributed by atoms with Gasteiger partial charge in [0.05, 0.1) is 12.0 Å². The Labute approximate surface area is 158 Å². The smallest absolute Gasteiger partial charge is 0.308 e. The molecule has 0 bridgehead atoms. The maximum atomic E-state index is 12.4. The van der Waals surface area contributed by atoms with Crippen LogP contribution in [-0.2, 0) is 14.4 Å². The minimum Gasteiger partial charge on any atom is -0.481 e. The number of carbonyl (C=O) groups is 4. The lowest BCUT2D eigenvalue weighted by molar-refractivity contribution is -0.143. The highest BCUT2D eigenvalue weighted by Crippen LogP contribution is 2.28. The first-order valence-electron chi connectivity index (χ1n) is 9.20. The molecule has 0 heterocycles. The second-order valence-corrected chi connectivity index (χ2v) is 7.04. The highest BCUT2D eigenvalue weighted by Gasteiger charge is 2.34. The van der Waals surface area contributed by atoms with E-state index in [0.29, 0.717) is 5.56 Å². The van der Waals surface area contributed by atoms with E-state index in [1.54, 1.807) is 43.0 Å². The number of amides is 2. The van der Waals surface area contributed by atoms with Crippen molar-refractivity contribution in [2.24, 2.45) is 5.92 Å². The number of Topliss-reactive ketones (excluding diaryl/α,β-unsaturated/α-hetero) is 1. The van der Waals surface area contributed by atoms with Crippen molar-refractivity contribution in [2.45, 2.75) is 51.6 Å². The zero-order valence-corrected chi connectivity index (χ0v) is 15.7. The lowest BCUT2D eigenvalue weighted by Gasteiger charge is -2.24. The first-order chi connectivity index (χ1) is 12.8. The minimum absolute atomic E-state index is 0.000913. The zero-order chi connectivity index (χ0) is 20.0. The largest absolute Gasteiger partial charge is 0.481 e. The summed E-state index contributed by atoms with van der Waals surface area (Å²) >= 11 is 0. The molecule has 0 saturated heterocycles. The summed E-state index contributed by atoms with van der Waals surface area (Å²) in [6.07, 6.45) is 1.70. The fraction of sp³-hybridized carbons (Fsp3) is 0.500. The van der Waals surface area contributed by atoms with E-state index < -0.39 is 17.9 Å². The maximum absolute atomic E-state index is 12.4. The van der Waals surface area contributed by atoms with Gasteiger partial charge in [-0.15, -0.1) is 0 Å². The Bertz CT molecular complexity index is 700. The standard InChI is InChI=1S/C20H26N2O5/c1-13(20(26)27)12-22(16-8-9-16)18(24)11-10-17(23)21-14(2)19(25)15-6-4-3-5-7-15/h3-7,13-14,16H,8-12H2,1-2H3,(H,21,23)(H,26,27)/t13-,14-/m1/s1. The molecule has 27 heavy (non-hydrogen) atoms. The topological polar surface area (TPSA) is 104 Å². The lowest BCUT2D eigenvalue weighted by atomic mass is 10.1. The summed E-state index contributed by atoms with van der Waals surface area (Å²) in [5.74, 6) is -2.37. The lowest BCUT2D eigenvalue weighted by Crippen LogP contribution is -2.41. The van der Waals surface area contributed by atoms with Crippen LogP contribution >= 0.6 is 0 Å². The fourth-order valence-electron chi connectivity index (χ4n) is 2.81. The van der Waals surface area contributed by atoms with E-state index in [9.17, 15) is 19.2 Å². The minimum atomic E-state index is -0.945. The first-order valence-corrected chi connectivity index (χ1v) is 9.20. The van der Waals surface area contributed by atoms with E-state index in [2.05, 4.69) is 5.32 Å². The monoisotopic (exact) mass is 374 g/mol. The second kappa shape index (κ2) is 9.30. The molecule has 1 saturated carbocycles. The van der Waals surface area contributed by atoms with E-state index in [1.165, 1.54) is 0 Å². The van der Waals surface area contributed by atoms with Crippen molar-refractivity contribution >= 4 is 23.6 Å². The average Bonchev–Trinajstić information content (AvgIpc) is 3.48. The number of carbonyl (C=O) groups excluding carboxylic acids is 3. The molecule has 2 atom stereocenters. The van der Waals surface area contributed by atoms with Crippen molar-refractivity contribution in [3.63, 3.8) is 0 Å². The molecule has 0 radical (unpaired) electrons. The van der Waals surface area contributed by atoms with Crippen LogP contribution in [0, 0.1) is 5.92 Å². The van der Waals surface area contributed by atoms with Crippen LogP contribution in [0.25, 0.3) is 0 Å². The number of hydrogen-bond donors (Lipinski definition) is 2. The van der Waals surface area contributed by atoms with Gasteiger partial charge in [-0.25, -0.2) is 0 Å². The molecule has 1 aliphatic rings. The summed E-state index contributed by atoms with van der Waals surface area (Å²) in [4.78, 5) is 49.4. The van der Waals surface area contributed by atoms with Gasteiger partial charge in [-0.2, -0.15) is 0 Å². The predicted octanol–water partition coefficient (Wildman–Crippen LogP) is 1.87. The van der Waals surface area contributed by atoms with Gasteiger partial charge in [0.15, 0.2) is 5.78 Å². The van der Waals surface area contributed by atoms with E-state index >= 15 is 0 Å². The van der Waals surface area contributed by atoms with E-state index in [4.69, 9.17) is 5.11 Å². The van der Waals surface area contributed by atoms with Crippen LogP contribution in [0.4, 0.5) is 0 Å². The van der Waals surface area contributed by atoms with Crippen molar-refractivity contribution in [3.8, 4) is 0 Å². The van der Waals surface area contributed by atoms with Crippen LogP contribution in [0.2, 0.25) is 0 Å². The molecular formula is C20H26N2O5. The van der Waals surface area contributed by atoms with Crippen molar-refractivity contribution in [3.05, 3.63) is 35.9 Å². The Morgan fingerprint density at radius 1 is 1.11 bits per heavy atom. The van der Waals surface area contributed by atoms with Crippen LogP contribution in [0.5, 0.6) is 0 Å². The number of nitrogens with zero attached hydrogens (tertiary/aromatic N) is 1. The third kappa shape index (κ3) is 6.20. The van der Waals surface area contributed by atoms with E-state index in [0.717, 1.165) is 12.8 Å². The highest BCUT2D eigenvalue weighted by atomic mass is 16.4. The van der Waals surface area contributed by atoms with Crippen molar-refractivity contribution < 1.29 is 24.3 Å². The van der Waals surface area contributed by atoms with Crippen LogP contribution in [0.3, 0.4) is 0 Å². The summed E-state index contributed by atoms with van der Waals surface area (Å²) in [6.45, 7) is 3.33. The summed E-state index contributed by atoms with van der Waals surface area (Å²) in [6, 6.07) is 8.10. The molecule has 2 rings (SSSR count). The first kappa shape index (κ1) is 20.6. The van der Waals surface area contributed by atoms with Crippen molar-refractivity contribution in [2.75, 3.05) is 6.54 Å². The molecule has 1 aliphatic carbocycles. The van der Waals surface area contributed by atoms with Gasteiger partial charge in [0.2, 0.25) is 11.8 Å². The van der Waals surface area contributed by atoms with E-state index in [1.807, 2.05) is 6.07 Å². The maximum Gasteiger partial charge on any atom is 0.308 e. The number of hydrogen-bond acceptors (Lipinski definition) is 4. The Morgan fingerprint density at radius 3 is 2.30 bits per heavy atom. The molecular weight excluding hydrogens is 348 g/mol. The van der Waals surface area contributed by atoms with Gasteiger partial charge in [-0.3, -0.25) is 19.2 Å². The Kier molecular flexibility index (Phi) is 7.10. The molecule has 1 aromatic rings. The number of carboxylic acid groups (broad SMARTS) is 1. The third-order valence-corrected chi connectivity index (χ3v) is 4.60. The van der Waals surface area contributed by atoms with Crippen LogP contribution < -0.4 is 5.32 Å². The molecule has 146 valence electrons. The summed E-state index contributed by atoms with van der Waals surface area (Å²) in [5.41, 5.74) is 0.518. The molecule has 2 N–H and O–H groups in total. The Balaban J connectivity index is 1.82. The molecule has 0 aromatic heterocycles. The molecule has 2 amide bonds. The number of rotatable bonds is 10. The molecule has 7 nitrogen and oxygen atoms in total. The normalized spacial score (nSPS) is 15.5. The van der Waals surface area contributed by atoms with Gasteiger partial charge in [0, 0.05) is 31.0 Å². The summed E-state index contributed by atoms with van der Waals surface area (Å²) in [5, 5.41) is 11.7. The summed E-state index contributed by atoms with van der Waals surface area (Å²) < 4.78 is 0. The van der Waals surface area contributed by atoms with Gasteiger partial charge in [-0.05, 0) is 19.8 Å². The summed E-state index contributed by atoms with van der Waals surface area (Å²) in [7, 11) is 0. The van der Waals surface area contributed by atoms with Crippen LogP contribution in [-0.4, -0.2) is 52.2 Å². The third-order valence-electron chi connectivity index (χ3n) is 4.60. The van der Waals surface area contributed by atoms with Gasteiger partial charge in [0.25, 0.3) is 0 Å². The average molecular weight is 374 g/mol. The predicted molar refractivity (Wildman–Crippen MR) is 99.1 cm³/mol. The molecule has 0 spiro atoms. The number of benzene rings is 1. The molecule has 0 unspecified atom stereocenters. The van der Waals surface area contributed by atoms with Crippen LogP contribution in [0.1, 0.15) is 49.9 Å². The van der Waals surface area contributed by atoms with Gasteiger partial charge in [0.1, 0.15) is 0 Å². The van der Waals surface area contributed by atoms with Crippen LogP contribution in [0.15, 0.2) is 30.3 Å². The van der Waals surface area contributed by atoms with Crippen molar-refractivity contribution in [1.82, 2.24) is 10.2 Å². The molecule has 1 aromatic carbocycles. The number of aliphatic carboxylic acids is 1. The fourth-order valence-corrected chi connectivity index (χ4v) is 2.81. The highest BCUT2D eigenvalue weighted by molar-refractivity contribution is 6.01. The van der Waals surface area contributed by atoms with Gasteiger partial charge < -0.3 is 15.3 Å². The molecule has 1 fully saturated rings. The number of carboxylic acids is 1. The number of nitrogens with one attached hydrogen (secondary N) is 1. The van der Waals surface area contributed by atoms with Gasteiger partial charge >= 0.3 is 5.97 Å². The Morgan fingerprint density at radius 2 is 1.74 bits per heavy atom. The Hall–Kier alpha value is -2.70. The molecule has 0 aliphatic heterocycles. The zero-order valence-electron chi connectivity index (χ0n) is 15.7. The number of ketones is 1. The van der Waals surface area contributed by atoms with Gasteiger partial charge in [-0.1, -0.05) is 37.3 Å². The SMILES string of the molecule is C[C@H](CN(C(=O)CCC(=O)N[C@H](C)C(=O)c1ccccc1)C1CC1)C(=O)O.